The maximum Gasteiger partial charge on any atom is 0.343 e. The zero-order chi connectivity index (χ0) is 28.9. The van der Waals surface area contributed by atoms with Gasteiger partial charge in [-0.15, -0.1) is 0 Å². The molecule has 0 atom stereocenters. The van der Waals surface area contributed by atoms with E-state index in [4.69, 9.17) is 9.47 Å². The molecular weight excluding hydrogens is 516 g/mol. The summed E-state index contributed by atoms with van der Waals surface area (Å²) in [6.45, 7) is 4.12. The molecule has 4 rings (SSSR count). The first kappa shape index (κ1) is 27.6. The van der Waals surface area contributed by atoms with Crippen molar-refractivity contribution in [3.63, 3.8) is 0 Å². The van der Waals surface area contributed by atoms with E-state index in [2.05, 4.69) is 6.92 Å². The van der Waals surface area contributed by atoms with Crippen LogP contribution in [0, 0.1) is 20.2 Å². The van der Waals surface area contributed by atoms with E-state index in [1.807, 2.05) is 31.2 Å². The predicted molar refractivity (Wildman–Crippen MR) is 146 cm³/mol. The van der Waals surface area contributed by atoms with Crippen molar-refractivity contribution in [3.8, 4) is 11.5 Å². The molecule has 0 saturated heterocycles. The summed E-state index contributed by atoms with van der Waals surface area (Å²) in [5.74, 6) is -0.586. The molecule has 0 bridgehead atoms. The Labute approximate surface area is 229 Å². The fourth-order valence-corrected chi connectivity index (χ4v) is 4.13. The van der Waals surface area contributed by atoms with Crippen LogP contribution in [-0.2, 0) is 5.41 Å². The van der Waals surface area contributed by atoms with E-state index in [-0.39, 0.29) is 22.5 Å². The molecule has 202 valence electrons. The van der Waals surface area contributed by atoms with Crippen LogP contribution in [0.5, 0.6) is 11.5 Å². The normalized spacial score (nSPS) is 10.9. The standard InChI is InChI=1S/C30H24N2O8/c1-3-30(2,22-8-16-26(17-9-22)39-28(33)20-4-12-24(13-5-20)31(35)36)23-10-18-27(19-11-23)40-29(34)21-6-14-25(15-7-21)32(37)38/h4-19H,3H2,1-2H3. The van der Waals surface area contributed by atoms with Gasteiger partial charge in [0.1, 0.15) is 11.5 Å². The first-order valence-electron chi connectivity index (χ1n) is 12.2. The molecule has 0 amide bonds. The fraction of sp³-hybridized carbons (Fsp3) is 0.133. The van der Waals surface area contributed by atoms with Gasteiger partial charge in [-0.1, -0.05) is 38.1 Å². The third-order valence-electron chi connectivity index (χ3n) is 6.74. The first-order valence-corrected chi connectivity index (χ1v) is 12.2. The number of non-ortho nitro benzene ring substituents is 2. The van der Waals surface area contributed by atoms with Crippen LogP contribution in [0.25, 0.3) is 0 Å². The smallest absolute Gasteiger partial charge is 0.343 e. The molecule has 0 aliphatic carbocycles. The highest BCUT2D eigenvalue weighted by molar-refractivity contribution is 5.91. The highest BCUT2D eigenvalue weighted by Crippen LogP contribution is 2.37. The Bertz CT molecular complexity index is 1430. The highest BCUT2D eigenvalue weighted by atomic mass is 16.6. The average Bonchev–Trinajstić information content (AvgIpc) is 2.97. The van der Waals surface area contributed by atoms with E-state index in [0.29, 0.717) is 11.5 Å². The largest absolute Gasteiger partial charge is 0.423 e. The lowest BCUT2D eigenvalue weighted by atomic mass is 9.74. The van der Waals surface area contributed by atoms with Crippen LogP contribution in [0.1, 0.15) is 52.1 Å². The maximum atomic E-state index is 12.4. The zero-order valence-corrected chi connectivity index (χ0v) is 21.6. The lowest BCUT2D eigenvalue weighted by molar-refractivity contribution is -0.385. The molecule has 0 aliphatic heterocycles. The number of carbonyl (C=O) groups is 2. The van der Waals surface area contributed by atoms with Crippen molar-refractivity contribution in [2.75, 3.05) is 0 Å². The second kappa shape index (κ2) is 11.6. The van der Waals surface area contributed by atoms with Gasteiger partial charge in [-0.25, -0.2) is 9.59 Å². The second-order valence-electron chi connectivity index (χ2n) is 9.12. The van der Waals surface area contributed by atoms with Gasteiger partial charge >= 0.3 is 11.9 Å². The molecule has 0 unspecified atom stereocenters. The van der Waals surface area contributed by atoms with Crippen molar-refractivity contribution in [3.05, 3.63) is 140 Å². The van der Waals surface area contributed by atoms with Gasteiger partial charge in [0.25, 0.3) is 11.4 Å². The first-order chi connectivity index (χ1) is 19.1. The minimum atomic E-state index is -0.625. The molecule has 0 aliphatic rings. The zero-order valence-electron chi connectivity index (χ0n) is 21.6. The van der Waals surface area contributed by atoms with Crippen LogP contribution in [-0.4, -0.2) is 21.8 Å². The number of nitro groups is 2. The summed E-state index contributed by atoms with van der Waals surface area (Å²) in [6, 6.07) is 24.6. The molecule has 4 aromatic rings. The molecule has 0 saturated carbocycles. The number of hydrogen-bond acceptors (Lipinski definition) is 8. The van der Waals surface area contributed by atoms with Crippen molar-refractivity contribution in [2.45, 2.75) is 25.7 Å². The summed E-state index contributed by atoms with van der Waals surface area (Å²) in [7, 11) is 0. The lowest BCUT2D eigenvalue weighted by Gasteiger charge is -2.30. The van der Waals surface area contributed by atoms with Crippen molar-refractivity contribution < 1.29 is 28.9 Å². The van der Waals surface area contributed by atoms with Gasteiger partial charge in [-0.2, -0.15) is 0 Å². The van der Waals surface area contributed by atoms with Crippen molar-refractivity contribution in [2.24, 2.45) is 0 Å². The quantitative estimate of drug-likeness (QED) is 0.0994. The van der Waals surface area contributed by atoms with E-state index in [1.165, 1.54) is 48.5 Å². The summed E-state index contributed by atoms with van der Waals surface area (Å²) < 4.78 is 10.8. The lowest BCUT2D eigenvalue weighted by Crippen LogP contribution is -2.22. The van der Waals surface area contributed by atoms with E-state index in [1.54, 1.807) is 24.3 Å². The van der Waals surface area contributed by atoms with Gasteiger partial charge in [0.2, 0.25) is 0 Å². The van der Waals surface area contributed by atoms with Crippen LogP contribution in [0.4, 0.5) is 11.4 Å². The summed E-state index contributed by atoms with van der Waals surface area (Å²) in [6.07, 6.45) is 0.747. The molecule has 40 heavy (non-hydrogen) atoms. The SMILES string of the molecule is CCC(C)(c1ccc(OC(=O)c2ccc([N+](=O)[O-])cc2)cc1)c1ccc(OC(=O)c2ccc([N+](=O)[O-])cc2)cc1. The van der Waals surface area contributed by atoms with Gasteiger partial charge in [-0.05, 0) is 66.1 Å². The van der Waals surface area contributed by atoms with E-state index >= 15 is 0 Å². The minimum absolute atomic E-state index is 0.115. The number of hydrogen-bond donors (Lipinski definition) is 0. The molecule has 0 heterocycles. The van der Waals surface area contributed by atoms with Crippen LogP contribution in [0.15, 0.2) is 97.1 Å². The number of rotatable bonds is 9. The van der Waals surface area contributed by atoms with Gasteiger partial charge in [0.15, 0.2) is 0 Å². The molecular formula is C30H24N2O8. The number of nitro benzene ring substituents is 2. The topological polar surface area (TPSA) is 139 Å². The maximum absolute atomic E-state index is 12.4. The average molecular weight is 541 g/mol. The number of nitrogens with zero attached hydrogens (tertiary/aromatic N) is 2. The molecule has 0 aromatic heterocycles. The van der Waals surface area contributed by atoms with Crippen LogP contribution in [0.3, 0.4) is 0 Å². The van der Waals surface area contributed by atoms with Gasteiger partial charge in [0.05, 0.1) is 21.0 Å². The summed E-state index contributed by atoms with van der Waals surface area (Å²) >= 11 is 0. The summed E-state index contributed by atoms with van der Waals surface area (Å²) in [5, 5.41) is 21.6. The van der Waals surface area contributed by atoms with Gasteiger partial charge in [-0.3, -0.25) is 20.2 Å². The Morgan fingerprint density at radius 3 is 1.23 bits per heavy atom. The fourth-order valence-electron chi connectivity index (χ4n) is 4.13. The third kappa shape index (κ3) is 6.02. The Morgan fingerprint density at radius 1 is 0.625 bits per heavy atom. The minimum Gasteiger partial charge on any atom is -0.423 e. The highest BCUT2D eigenvalue weighted by Gasteiger charge is 2.27. The Kier molecular flexibility index (Phi) is 7.99. The number of benzene rings is 4. The summed E-state index contributed by atoms with van der Waals surface area (Å²) in [4.78, 5) is 45.4. The van der Waals surface area contributed by atoms with E-state index in [9.17, 15) is 29.8 Å². The van der Waals surface area contributed by atoms with Crippen LogP contribution in [0.2, 0.25) is 0 Å². The Hall–Kier alpha value is -5.38. The van der Waals surface area contributed by atoms with Gasteiger partial charge < -0.3 is 9.47 Å². The molecule has 0 radical (unpaired) electrons. The molecule has 0 fully saturated rings. The molecule has 4 aromatic carbocycles. The van der Waals surface area contributed by atoms with Crippen LogP contribution < -0.4 is 9.47 Å². The predicted octanol–water partition coefficient (Wildman–Crippen LogP) is 6.66. The monoisotopic (exact) mass is 540 g/mol. The van der Waals surface area contributed by atoms with Crippen molar-refractivity contribution >= 4 is 23.3 Å². The second-order valence-corrected chi connectivity index (χ2v) is 9.12. The van der Waals surface area contributed by atoms with Crippen molar-refractivity contribution in [1.29, 1.82) is 0 Å². The number of carbonyl (C=O) groups excluding carboxylic acids is 2. The molecule has 0 spiro atoms. The van der Waals surface area contributed by atoms with Crippen molar-refractivity contribution in [1.82, 2.24) is 0 Å². The number of ether oxygens (including phenoxy) is 2. The van der Waals surface area contributed by atoms with E-state index < -0.39 is 27.2 Å². The molecule has 10 heteroatoms. The van der Waals surface area contributed by atoms with Gasteiger partial charge in [0, 0.05) is 29.7 Å². The Balaban J connectivity index is 1.44. The third-order valence-corrected chi connectivity index (χ3v) is 6.74. The number of esters is 2. The Morgan fingerprint density at radius 2 is 0.950 bits per heavy atom. The van der Waals surface area contributed by atoms with E-state index in [0.717, 1.165) is 17.5 Å². The van der Waals surface area contributed by atoms with Crippen LogP contribution >= 0.6 is 0 Å². The summed E-state index contributed by atoms with van der Waals surface area (Å²) in [5.41, 5.74) is 1.71. The molecule has 10 nitrogen and oxygen atoms in total. The molecule has 0 N–H and O–H groups in total.